The summed E-state index contributed by atoms with van der Waals surface area (Å²) in [5.74, 6) is 0.750. The SMILES string of the molecule is NC[C@H]1CCC[C@H]1C(=O)NC1CCN(c2ccccc2)C1. The second kappa shape index (κ2) is 6.48. The summed E-state index contributed by atoms with van der Waals surface area (Å²) in [4.78, 5) is 14.8. The highest BCUT2D eigenvalue weighted by atomic mass is 16.2. The number of para-hydroxylation sites is 1. The molecule has 2 fully saturated rings. The first kappa shape index (κ1) is 14.4. The topological polar surface area (TPSA) is 58.4 Å². The van der Waals surface area contributed by atoms with Gasteiger partial charge < -0.3 is 16.0 Å². The van der Waals surface area contributed by atoms with Crippen molar-refractivity contribution in [3.05, 3.63) is 30.3 Å². The molecule has 1 saturated heterocycles. The van der Waals surface area contributed by atoms with Crippen molar-refractivity contribution in [2.75, 3.05) is 24.5 Å². The third-order valence-electron chi connectivity index (χ3n) is 4.95. The predicted molar refractivity (Wildman–Crippen MR) is 85.1 cm³/mol. The lowest BCUT2D eigenvalue weighted by atomic mass is 9.95. The molecule has 3 atom stereocenters. The van der Waals surface area contributed by atoms with Crippen molar-refractivity contribution >= 4 is 11.6 Å². The molecule has 4 nitrogen and oxygen atoms in total. The molecule has 1 aliphatic heterocycles. The number of rotatable bonds is 4. The van der Waals surface area contributed by atoms with Crippen LogP contribution < -0.4 is 16.0 Å². The second-order valence-electron chi connectivity index (χ2n) is 6.31. The zero-order valence-corrected chi connectivity index (χ0v) is 12.5. The number of anilines is 1. The molecule has 3 N–H and O–H groups in total. The fraction of sp³-hybridized carbons (Fsp3) is 0.588. The van der Waals surface area contributed by atoms with Gasteiger partial charge in [-0.05, 0) is 43.9 Å². The number of hydrogen-bond acceptors (Lipinski definition) is 3. The van der Waals surface area contributed by atoms with E-state index in [9.17, 15) is 4.79 Å². The van der Waals surface area contributed by atoms with Crippen LogP contribution in [0.2, 0.25) is 0 Å². The van der Waals surface area contributed by atoms with Gasteiger partial charge in [-0.25, -0.2) is 0 Å². The van der Waals surface area contributed by atoms with E-state index in [0.29, 0.717) is 12.5 Å². The predicted octanol–water partition coefficient (Wildman–Crippen LogP) is 1.76. The van der Waals surface area contributed by atoms with Crippen LogP contribution in [0.1, 0.15) is 25.7 Å². The summed E-state index contributed by atoms with van der Waals surface area (Å²) in [5, 5.41) is 3.25. The number of carbonyl (C=O) groups is 1. The van der Waals surface area contributed by atoms with Crippen molar-refractivity contribution in [2.24, 2.45) is 17.6 Å². The monoisotopic (exact) mass is 287 g/mol. The Morgan fingerprint density at radius 3 is 2.81 bits per heavy atom. The third-order valence-corrected chi connectivity index (χ3v) is 4.95. The van der Waals surface area contributed by atoms with Gasteiger partial charge >= 0.3 is 0 Å². The number of amides is 1. The number of benzene rings is 1. The van der Waals surface area contributed by atoms with Gasteiger partial charge in [0.05, 0.1) is 0 Å². The van der Waals surface area contributed by atoms with Crippen molar-refractivity contribution in [3.63, 3.8) is 0 Å². The van der Waals surface area contributed by atoms with Crippen LogP contribution in [0.15, 0.2) is 30.3 Å². The maximum Gasteiger partial charge on any atom is 0.223 e. The molecule has 1 heterocycles. The summed E-state index contributed by atoms with van der Waals surface area (Å²) >= 11 is 0. The van der Waals surface area contributed by atoms with Crippen LogP contribution in [-0.4, -0.2) is 31.6 Å². The van der Waals surface area contributed by atoms with Crippen molar-refractivity contribution in [2.45, 2.75) is 31.7 Å². The van der Waals surface area contributed by atoms with Gasteiger partial charge in [-0.1, -0.05) is 24.6 Å². The zero-order valence-electron chi connectivity index (χ0n) is 12.5. The summed E-state index contributed by atoms with van der Waals surface area (Å²) in [6, 6.07) is 10.7. The maximum atomic E-state index is 12.4. The maximum absolute atomic E-state index is 12.4. The molecule has 0 spiro atoms. The Hall–Kier alpha value is -1.55. The zero-order chi connectivity index (χ0) is 14.7. The normalized spacial score (nSPS) is 28.8. The molecule has 1 unspecified atom stereocenters. The van der Waals surface area contributed by atoms with E-state index in [-0.39, 0.29) is 17.9 Å². The first-order valence-corrected chi connectivity index (χ1v) is 8.08. The molecule has 21 heavy (non-hydrogen) atoms. The Kier molecular flexibility index (Phi) is 4.44. The minimum absolute atomic E-state index is 0.140. The standard InChI is InChI=1S/C17H25N3O/c18-11-13-5-4-8-16(13)17(21)19-14-9-10-20(12-14)15-6-2-1-3-7-15/h1-3,6-7,13-14,16H,4-5,8-12,18H2,(H,19,21)/t13-,14?,16-/m1/s1. The van der Waals surface area contributed by atoms with E-state index in [1.807, 2.05) is 6.07 Å². The van der Waals surface area contributed by atoms with E-state index in [1.165, 1.54) is 5.69 Å². The minimum Gasteiger partial charge on any atom is -0.369 e. The Balaban J connectivity index is 1.54. The Morgan fingerprint density at radius 2 is 2.05 bits per heavy atom. The molecule has 2 aliphatic rings. The largest absolute Gasteiger partial charge is 0.369 e. The molecule has 0 radical (unpaired) electrons. The van der Waals surface area contributed by atoms with Crippen LogP contribution in [0.4, 0.5) is 5.69 Å². The lowest BCUT2D eigenvalue weighted by molar-refractivity contribution is -0.126. The van der Waals surface area contributed by atoms with Gasteiger partial charge in [0.1, 0.15) is 0 Å². The van der Waals surface area contributed by atoms with Gasteiger partial charge in [-0.15, -0.1) is 0 Å². The van der Waals surface area contributed by atoms with Crippen molar-refractivity contribution in [1.82, 2.24) is 5.32 Å². The van der Waals surface area contributed by atoms with E-state index in [4.69, 9.17) is 5.73 Å². The number of nitrogens with one attached hydrogen (secondary N) is 1. The Bertz CT molecular complexity index is 476. The fourth-order valence-corrected chi connectivity index (χ4v) is 3.72. The highest BCUT2D eigenvalue weighted by Gasteiger charge is 2.34. The van der Waals surface area contributed by atoms with Crippen LogP contribution >= 0.6 is 0 Å². The summed E-state index contributed by atoms with van der Waals surface area (Å²) in [7, 11) is 0. The quantitative estimate of drug-likeness (QED) is 0.887. The average molecular weight is 287 g/mol. The van der Waals surface area contributed by atoms with Crippen LogP contribution in [-0.2, 0) is 4.79 Å². The van der Waals surface area contributed by atoms with Gasteiger partial charge in [-0.2, -0.15) is 0 Å². The van der Waals surface area contributed by atoms with Crippen LogP contribution in [0.5, 0.6) is 0 Å². The molecular weight excluding hydrogens is 262 g/mol. The molecule has 0 aromatic heterocycles. The first-order chi connectivity index (χ1) is 10.3. The first-order valence-electron chi connectivity index (χ1n) is 8.08. The molecule has 4 heteroatoms. The molecular formula is C17H25N3O. The Labute approximate surface area is 126 Å². The average Bonchev–Trinajstić information content (AvgIpc) is 3.16. The summed E-state index contributed by atoms with van der Waals surface area (Å²) in [5.41, 5.74) is 7.03. The smallest absolute Gasteiger partial charge is 0.223 e. The van der Waals surface area contributed by atoms with Crippen molar-refractivity contribution in [1.29, 1.82) is 0 Å². The number of hydrogen-bond donors (Lipinski definition) is 2. The summed E-state index contributed by atoms with van der Waals surface area (Å²) in [6.45, 7) is 2.56. The van der Waals surface area contributed by atoms with Crippen molar-refractivity contribution < 1.29 is 4.79 Å². The fourth-order valence-electron chi connectivity index (χ4n) is 3.72. The third kappa shape index (κ3) is 3.21. The molecule has 1 amide bonds. The lowest BCUT2D eigenvalue weighted by Crippen LogP contribution is -2.42. The molecule has 3 rings (SSSR count). The molecule has 1 aromatic rings. The van der Waals surface area contributed by atoms with Gasteiger partial charge in [0.15, 0.2) is 0 Å². The van der Waals surface area contributed by atoms with E-state index in [2.05, 4.69) is 34.5 Å². The number of carbonyl (C=O) groups excluding carboxylic acids is 1. The van der Waals surface area contributed by atoms with E-state index in [0.717, 1.165) is 38.8 Å². The number of nitrogens with zero attached hydrogens (tertiary/aromatic N) is 1. The molecule has 1 saturated carbocycles. The van der Waals surface area contributed by atoms with Crippen molar-refractivity contribution in [3.8, 4) is 0 Å². The molecule has 1 aromatic carbocycles. The molecule has 1 aliphatic carbocycles. The Morgan fingerprint density at radius 1 is 1.24 bits per heavy atom. The highest BCUT2D eigenvalue weighted by Crippen LogP contribution is 2.31. The molecule has 0 bridgehead atoms. The molecule has 114 valence electrons. The second-order valence-corrected chi connectivity index (χ2v) is 6.31. The van der Waals surface area contributed by atoms with Gasteiger partial charge in [0, 0.05) is 30.7 Å². The van der Waals surface area contributed by atoms with E-state index in [1.54, 1.807) is 0 Å². The number of nitrogens with two attached hydrogens (primary N) is 1. The minimum atomic E-state index is 0.140. The van der Waals surface area contributed by atoms with Gasteiger partial charge in [-0.3, -0.25) is 4.79 Å². The summed E-state index contributed by atoms with van der Waals surface area (Å²) < 4.78 is 0. The van der Waals surface area contributed by atoms with Crippen LogP contribution in [0.25, 0.3) is 0 Å². The van der Waals surface area contributed by atoms with E-state index >= 15 is 0 Å². The summed E-state index contributed by atoms with van der Waals surface area (Å²) in [6.07, 6.45) is 4.28. The van der Waals surface area contributed by atoms with Crippen LogP contribution in [0, 0.1) is 11.8 Å². The highest BCUT2D eigenvalue weighted by molar-refractivity contribution is 5.79. The van der Waals surface area contributed by atoms with Gasteiger partial charge in [0.25, 0.3) is 0 Å². The lowest BCUT2D eigenvalue weighted by Gasteiger charge is -2.22. The van der Waals surface area contributed by atoms with Gasteiger partial charge in [0.2, 0.25) is 5.91 Å². The van der Waals surface area contributed by atoms with Crippen LogP contribution in [0.3, 0.4) is 0 Å². The van der Waals surface area contributed by atoms with E-state index < -0.39 is 0 Å².